The number of hydrogen-bond donors (Lipinski definition) is 1. The molecule has 0 unspecified atom stereocenters. The van der Waals surface area contributed by atoms with Crippen molar-refractivity contribution >= 4 is 28.5 Å². The minimum absolute atomic E-state index is 0.00807. The van der Waals surface area contributed by atoms with E-state index in [1.54, 1.807) is 4.57 Å². The lowest BCUT2D eigenvalue weighted by molar-refractivity contribution is -0.137. The number of halogens is 4. The van der Waals surface area contributed by atoms with Crippen LogP contribution in [-0.4, -0.2) is 66.0 Å². The smallest absolute Gasteiger partial charge is 0.353 e. The molecule has 1 N–H and O–H groups in total. The van der Waals surface area contributed by atoms with Gasteiger partial charge in [0, 0.05) is 53.3 Å². The highest BCUT2D eigenvalue weighted by molar-refractivity contribution is 7.99. The predicted octanol–water partition coefficient (Wildman–Crippen LogP) is 5.47. The van der Waals surface area contributed by atoms with Crippen molar-refractivity contribution in [2.24, 2.45) is 5.92 Å². The Kier molecular flexibility index (Phi) is 8.18. The number of aromatic nitrogens is 2. The summed E-state index contributed by atoms with van der Waals surface area (Å²) in [5, 5.41) is 3.76. The number of nitrogens with one attached hydrogen (secondary N) is 1. The summed E-state index contributed by atoms with van der Waals surface area (Å²) in [4.78, 5) is 22.5. The van der Waals surface area contributed by atoms with Crippen molar-refractivity contribution < 1.29 is 17.6 Å². The van der Waals surface area contributed by atoms with Crippen LogP contribution >= 0.6 is 11.8 Å². The number of hydrogen-bond acceptors (Lipinski definition) is 6. The molecule has 3 aromatic rings. The fourth-order valence-electron chi connectivity index (χ4n) is 5.95. The number of rotatable bonds is 6. The van der Waals surface area contributed by atoms with Crippen molar-refractivity contribution in [2.45, 2.75) is 56.4 Å². The first-order valence-corrected chi connectivity index (χ1v) is 14.6. The van der Waals surface area contributed by atoms with E-state index in [0.717, 1.165) is 25.5 Å². The molecule has 216 valence electrons. The molecular formula is C29H35F4N5OS. The largest absolute Gasteiger partial charge is 0.417 e. The zero-order valence-electron chi connectivity index (χ0n) is 23.2. The van der Waals surface area contributed by atoms with Crippen molar-refractivity contribution in [3.8, 4) is 11.1 Å². The van der Waals surface area contributed by atoms with Gasteiger partial charge in [-0.25, -0.2) is 9.18 Å². The molecule has 6 nitrogen and oxygen atoms in total. The van der Waals surface area contributed by atoms with Crippen LogP contribution in [0.2, 0.25) is 0 Å². The molecule has 0 amide bonds. The van der Waals surface area contributed by atoms with Gasteiger partial charge in [0.05, 0.1) is 11.1 Å². The van der Waals surface area contributed by atoms with E-state index in [1.165, 1.54) is 36.0 Å². The molecule has 1 saturated heterocycles. The number of alkyl halides is 3. The number of anilines is 1. The number of thioether (sulfide) groups is 1. The van der Waals surface area contributed by atoms with Gasteiger partial charge in [-0.2, -0.15) is 18.2 Å². The molecule has 0 radical (unpaired) electrons. The van der Waals surface area contributed by atoms with Gasteiger partial charge in [-0.15, -0.1) is 11.8 Å². The van der Waals surface area contributed by atoms with Gasteiger partial charge in [-0.1, -0.05) is 12.1 Å². The monoisotopic (exact) mass is 577 g/mol. The third kappa shape index (κ3) is 5.87. The van der Waals surface area contributed by atoms with E-state index in [0.29, 0.717) is 47.0 Å². The van der Waals surface area contributed by atoms with Crippen molar-refractivity contribution in [2.75, 3.05) is 44.4 Å². The van der Waals surface area contributed by atoms with E-state index in [9.17, 15) is 22.4 Å². The second kappa shape index (κ2) is 11.3. The Bertz CT molecular complexity index is 1430. The lowest BCUT2D eigenvalue weighted by atomic mass is 9.96. The van der Waals surface area contributed by atoms with Crippen molar-refractivity contribution in [1.29, 1.82) is 0 Å². The summed E-state index contributed by atoms with van der Waals surface area (Å²) in [7, 11) is 4.00. The van der Waals surface area contributed by atoms with Crippen LogP contribution in [0.5, 0.6) is 0 Å². The highest BCUT2D eigenvalue weighted by Gasteiger charge is 2.38. The Morgan fingerprint density at radius 1 is 1.10 bits per heavy atom. The van der Waals surface area contributed by atoms with E-state index >= 15 is 0 Å². The highest BCUT2D eigenvalue weighted by Crippen LogP contribution is 2.48. The summed E-state index contributed by atoms with van der Waals surface area (Å²) >= 11 is 1.36. The number of nitrogens with zero attached hydrogens (tertiary/aromatic N) is 4. The van der Waals surface area contributed by atoms with Gasteiger partial charge in [0.2, 0.25) is 0 Å². The van der Waals surface area contributed by atoms with Crippen LogP contribution in [0.4, 0.5) is 23.4 Å². The van der Waals surface area contributed by atoms with E-state index in [2.05, 4.69) is 15.2 Å². The zero-order chi connectivity index (χ0) is 28.8. The quantitative estimate of drug-likeness (QED) is 0.392. The summed E-state index contributed by atoms with van der Waals surface area (Å²) in [6.07, 6.45) is -2.93. The SMILES string of the molecule is C[C@@H]1CN(c2nc(=O)n3c4c(c(-c5ccc(F)cc5)c(C(F)(F)F)cc24)SC[C@@H](CCCN(C)C)C3)C[C@H](C)N1. The lowest BCUT2D eigenvalue weighted by Gasteiger charge is -2.37. The standard InChI is InChI=1S/C29H35F4N5OS/c1-17-13-37(14-18(2)34-17)27-22-12-23(29(31,32)33)24(20-7-9-21(30)10-8-20)26-25(22)38(28(39)35-27)15-19(16-40-26)6-5-11-36(3)4/h7-10,12,17-19,34H,5-6,11,13-16H2,1-4H3/t17-,18+,19-/m0/s1. The highest BCUT2D eigenvalue weighted by atomic mass is 32.2. The van der Waals surface area contributed by atoms with E-state index < -0.39 is 23.2 Å². The molecule has 2 aromatic carbocycles. The van der Waals surface area contributed by atoms with E-state index in [1.807, 2.05) is 32.8 Å². The van der Waals surface area contributed by atoms with Gasteiger partial charge in [-0.3, -0.25) is 4.57 Å². The van der Waals surface area contributed by atoms with Gasteiger partial charge in [-0.05, 0) is 77.0 Å². The predicted molar refractivity (Wildman–Crippen MR) is 153 cm³/mol. The molecule has 1 aromatic heterocycles. The molecule has 1 fully saturated rings. The summed E-state index contributed by atoms with van der Waals surface area (Å²) < 4.78 is 59.7. The van der Waals surface area contributed by atoms with Gasteiger partial charge in [0.1, 0.15) is 11.6 Å². The molecule has 5 rings (SSSR count). The Labute approximate surface area is 235 Å². The van der Waals surface area contributed by atoms with Crippen molar-refractivity contribution in [3.63, 3.8) is 0 Å². The summed E-state index contributed by atoms with van der Waals surface area (Å²) in [5.74, 6) is 0.417. The zero-order valence-corrected chi connectivity index (χ0v) is 24.0. The molecule has 0 saturated carbocycles. The number of benzene rings is 2. The van der Waals surface area contributed by atoms with E-state index in [4.69, 9.17) is 0 Å². The van der Waals surface area contributed by atoms with Gasteiger partial charge < -0.3 is 15.1 Å². The lowest BCUT2D eigenvalue weighted by Crippen LogP contribution is -2.55. The molecule has 0 bridgehead atoms. The van der Waals surface area contributed by atoms with Crippen LogP contribution in [-0.2, 0) is 12.7 Å². The van der Waals surface area contributed by atoms with E-state index in [-0.39, 0.29) is 29.1 Å². The summed E-state index contributed by atoms with van der Waals surface area (Å²) in [5.41, 5.74) is -0.504. The first kappa shape index (κ1) is 28.9. The number of piperazine rings is 1. The van der Waals surface area contributed by atoms with Gasteiger partial charge in [0.15, 0.2) is 0 Å². The van der Waals surface area contributed by atoms with Crippen LogP contribution in [0.25, 0.3) is 22.0 Å². The van der Waals surface area contributed by atoms with Crippen LogP contribution < -0.4 is 15.9 Å². The van der Waals surface area contributed by atoms with Crippen LogP contribution in [0.15, 0.2) is 40.0 Å². The normalized spacial score (nSPS) is 21.7. The minimum Gasteiger partial charge on any atom is -0.353 e. The summed E-state index contributed by atoms with van der Waals surface area (Å²) in [6.45, 7) is 6.33. The van der Waals surface area contributed by atoms with Crippen LogP contribution in [0.1, 0.15) is 32.3 Å². The van der Waals surface area contributed by atoms with Crippen LogP contribution in [0, 0.1) is 11.7 Å². The first-order chi connectivity index (χ1) is 18.9. The molecule has 2 aliphatic rings. The molecule has 0 spiro atoms. The molecule has 0 aliphatic carbocycles. The maximum Gasteiger partial charge on any atom is 0.417 e. The Hall–Kier alpha value is -2.63. The molecular weight excluding hydrogens is 542 g/mol. The molecule has 3 heterocycles. The van der Waals surface area contributed by atoms with Crippen LogP contribution in [0.3, 0.4) is 0 Å². The first-order valence-electron chi connectivity index (χ1n) is 13.7. The van der Waals surface area contributed by atoms with Crippen molar-refractivity contribution in [3.05, 3.63) is 52.2 Å². The fraction of sp³-hybridized carbons (Fsp3) is 0.517. The Balaban J connectivity index is 1.77. The second-order valence-electron chi connectivity index (χ2n) is 11.4. The minimum atomic E-state index is -4.67. The topological polar surface area (TPSA) is 53.4 Å². The Morgan fingerprint density at radius 2 is 1.77 bits per heavy atom. The van der Waals surface area contributed by atoms with Gasteiger partial charge in [0.25, 0.3) is 0 Å². The van der Waals surface area contributed by atoms with Gasteiger partial charge >= 0.3 is 11.9 Å². The average molecular weight is 578 g/mol. The third-order valence-electron chi connectivity index (χ3n) is 7.62. The molecule has 3 atom stereocenters. The molecule has 2 aliphatic heterocycles. The third-order valence-corrected chi connectivity index (χ3v) is 8.94. The average Bonchev–Trinajstić information content (AvgIpc) is 3.06. The van der Waals surface area contributed by atoms with Crippen molar-refractivity contribution in [1.82, 2.24) is 19.8 Å². The maximum absolute atomic E-state index is 14.8. The Morgan fingerprint density at radius 3 is 2.40 bits per heavy atom. The summed E-state index contributed by atoms with van der Waals surface area (Å²) in [6, 6.07) is 6.42. The molecule has 11 heteroatoms. The molecule has 40 heavy (non-hydrogen) atoms. The maximum atomic E-state index is 14.8. The second-order valence-corrected chi connectivity index (χ2v) is 12.4. The fourth-order valence-corrected chi connectivity index (χ4v) is 7.36.